The van der Waals surface area contributed by atoms with Gasteiger partial charge in [0.15, 0.2) is 0 Å². The van der Waals surface area contributed by atoms with E-state index in [0.717, 1.165) is 0 Å². The molecule has 0 aliphatic heterocycles. The average molecular weight is 315 g/mol. The fraction of sp³-hybridized carbons (Fsp3) is 0. The number of hydrogen-bond donors (Lipinski definition) is 1. The number of amides is 1. The molecule has 1 N–H and O–H groups in total. The van der Waals surface area contributed by atoms with Crippen LogP contribution in [0.15, 0.2) is 24.4 Å². The van der Waals surface area contributed by atoms with Crippen LogP contribution in [0, 0.1) is 21.7 Å². The average Bonchev–Trinajstić information content (AvgIpc) is 2.38. The molecule has 2 aromatic rings. The molecule has 1 aromatic heterocycles. The fourth-order valence-corrected chi connectivity index (χ4v) is 1.59. The van der Waals surface area contributed by atoms with Crippen LogP contribution in [-0.2, 0) is 0 Å². The molecule has 0 radical (unpaired) electrons. The van der Waals surface area contributed by atoms with Crippen LogP contribution in [0.2, 0.25) is 5.15 Å². The molecule has 21 heavy (non-hydrogen) atoms. The van der Waals surface area contributed by atoms with Crippen LogP contribution in [-0.4, -0.2) is 20.8 Å². The highest BCUT2D eigenvalue weighted by Gasteiger charge is 2.26. The Balaban J connectivity index is 2.39. The number of aromatic nitrogens is 2. The molecule has 10 heteroatoms. The van der Waals surface area contributed by atoms with Gasteiger partial charge in [-0.3, -0.25) is 20.2 Å². The van der Waals surface area contributed by atoms with Crippen molar-refractivity contribution in [3.63, 3.8) is 0 Å². The second kappa shape index (κ2) is 5.75. The lowest BCUT2D eigenvalue weighted by molar-refractivity contribution is -0.387. The van der Waals surface area contributed by atoms with E-state index in [4.69, 9.17) is 11.6 Å². The molecule has 0 bridgehead atoms. The van der Waals surface area contributed by atoms with E-state index in [1.165, 1.54) is 12.3 Å². The quantitative estimate of drug-likeness (QED) is 0.533. The van der Waals surface area contributed by atoms with Gasteiger partial charge in [-0.1, -0.05) is 11.6 Å². The smallest absolute Gasteiger partial charge is 0.290 e. The largest absolute Gasteiger partial charge is 0.305 e. The van der Waals surface area contributed by atoms with Gasteiger partial charge in [0, 0.05) is 12.3 Å². The van der Waals surface area contributed by atoms with Gasteiger partial charge in [-0.15, -0.1) is 0 Å². The molecule has 2 rings (SSSR count). The lowest BCUT2D eigenvalue weighted by Gasteiger charge is -2.06. The standard InChI is InChI=1S/C11H5ClF2N4O3/c12-7-3-4-15-11(16-7)17-10(19)8-5(13)1-2-6(9(8)14)18(20)21/h1-4H,(H,15,16,17,19). The molecule has 0 saturated heterocycles. The summed E-state index contributed by atoms with van der Waals surface area (Å²) in [4.78, 5) is 28.5. The van der Waals surface area contributed by atoms with E-state index in [0.29, 0.717) is 12.1 Å². The Morgan fingerprint density at radius 1 is 1.33 bits per heavy atom. The lowest BCUT2D eigenvalue weighted by atomic mass is 10.1. The number of nitro benzene ring substituents is 1. The van der Waals surface area contributed by atoms with Crippen LogP contribution in [0.3, 0.4) is 0 Å². The molecule has 0 fully saturated rings. The van der Waals surface area contributed by atoms with Crippen molar-refractivity contribution in [2.24, 2.45) is 0 Å². The van der Waals surface area contributed by atoms with E-state index in [-0.39, 0.29) is 11.1 Å². The number of nitrogens with zero attached hydrogens (tertiary/aromatic N) is 3. The highest BCUT2D eigenvalue weighted by molar-refractivity contribution is 6.29. The predicted octanol–water partition coefficient (Wildman–Crippen LogP) is 2.57. The Morgan fingerprint density at radius 2 is 2.05 bits per heavy atom. The molecule has 0 saturated carbocycles. The van der Waals surface area contributed by atoms with Gasteiger partial charge in [0.1, 0.15) is 16.5 Å². The van der Waals surface area contributed by atoms with Crippen LogP contribution in [0.4, 0.5) is 20.4 Å². The van der Waals surface area contributed by atoms with E-state index in [1.807, 2.05) is 5.32 Å². The Morgan fingerprint density at radius 3 is 2.67 bits per heavy atom. The molecule has 1 aromatic carbocycles. The highest BCUT2D eigenvalue weighted by atomic mass is 35.5. The van der Waals surface area contributed by atoms with Gasteiger partial charge < -0.3 is 0 Å². The molecule has 0 atom stereocenters. The number of rotatable bonds is 3. The topological polar surface area (TPSA) is 98.0 Å². The second-order valence-electron chi connectivity index (χ2n) is 3.67. The van der Waals surface area contributed by atoms with Crippen molar-refractivity contribution < 1.29 is 18.5 Å². The number of carbonyl (C=O) groups is 1. The predicted molar refractivity (Wildman–Crippen MR) is 68.0 cm³/mol. The number of nitrogens with one attached hydrogen (secondary N) is 1. The molecule has 108 valence electrons. The first-order valence-corrected chi connectivity index (χ1v) is 5.70. The number of carbonyl (C=O) groups excluding carboxylic acids is 1. The Kier molecular flexibility index (Phi) is 4.03. The molecule has 0 spiro atoms. The maximum Gasteiger partial charge on any atom is 0.305 e. The summed E-state index contributed by atoms with van der Waals surface area (Å²) < 4.78 is 27.3. The first-order valence-electron chi connectivity index (χ1n) is 5.32. The molecular weight excluding hydrogens is 310 g/mol. The summed E-state index contributed by atoms with van der Waals surface area (Å²) in [5.74, 6) is -4.40. The summed E-state index contributed by atoms with van der Waals surface area (Å²) in [5.41, 5.74) is -2.12. The van der Waals surface area contributed by atoms with Crippen molar-refractivity contribution in [2.45, 2.75) is 0 Å². The molecule has 1 heterocycles. The molecule has 7 nitrogen and oxygen atoms in total. The summed E-state index contributed by atoms with van der Waals surface area (Å²) in [6.07, 6.45) is 1.21. The summed E-state index contributed by atoms with van der Waals surface area (Å²) in [6.45, 7) is 0. The third-order valence-corrected chi connectivity index (χ3v) is 2.55. The first kappa shape index (κ1) is 14.7. The van der Waals surface area contributed by atoms with E-state index in [9.17, 15) is 23.7 Å². The zero-order valence-electron chi connectivity index (χ0n) is 10.0. The van der Waals surface area contributed by atoms with Crippen molar-refractivity contribution in [1.82, 2.24) is 9.97 Å². The maximum absolute atomic E-state index is 13.8. The van der Waals surface area contributed by atoms with Crippen LogP contribution in [0.25, 0.3) is 0 Å². The molecular formula is C11H5ClF2N4O3. The van der Waals surface area contributed by atoms with Crippen LogP contribution < -0.4 is 5.32 Å². The van der Waals surface area contributed by atoms with Gasteiger partial charge in [-0.2, -0.15) is 4.39 Å². The maximum atomic E-state index is 13.8. The minimum absolute atomic E-state index is 0.000265. The zero-order chi connectivity index (χ0) is 15.6. The van der Waals surface area contributed by atoms with E-state index < -0.39 is 33.7 Å². The van der Waals surface area contributed by atoms with Gasteiger partial charge >= 0.3 is 5.69 Å². The van der Waals surface area contributed by atoms with E-state index in [1.54, 1.807) is 0 Å². The fourth-order valence-electron chi connectivity index (χ4n) is 1.45. The summed E-state index contributed by atoms with van der Waals surface area (Å²) >= 11 is 5.56. The third-order valence-electron chi connectivity index (χ3n) is 2.34. The summed E-state index contributed by atoms with van der Waals surface area (Å²) in [7, 11) is 0. The Labute approximate surface area is 120 Å². The monoisotopic (exact) mass is 314 g/mol. The highest BCUT2D eigenvalue weighted by Crippen LogP contribution is 2.23. The molecule has 0 unspecified atom stereocenters. The van der Waals surface area contributed by atoms with Crippen LogP contribution in [0.5, 0.6) is 0 Å². The van der Waals surface area contributed by atoms with Gasteiger partial charge in [0.2, 0.25) is 11.8 Å². The normalized spacial score (nSPS) is 10.2. The summed E-state index contributed by atoms with van der Waals surface area (Å²) in [5, 5.41) is 12.6. The number of benzene rings is 1. The SMILES string of the molecule is O=C(Nc1nccc(Cl)n1)c1c(F)ccc([N+](=O)[O-])c1F. The van der Waals surface area contributed by atoms with E-state index >= 15 is 0 Å². The Bertz CT molecular complexity index is 741. The van der Waals surface area contributed by atoms with E-state index in [2.05, 4.69) is 9.97 Å². The van der Waals surface area contributed by atoms with Gasteiger partial charge in [-0.25, -0.2) is 14.4 Å². The third kappa shape index (κ3) is 3.08. The lowest BCUT2D eigenvalue weighted by Crippen LogP contribution is -2.18. The van der Waals surface area contributed by atoms with Gasteiger partial charge in [-0.05, 0) is 12.1 Å². The molecule has 0 aliphatic carbocycles. The number of nitro groups is 1. The number of hydrogen-bond acceptors (Lipinski definition) is 5. The first-order chi connectivity index (χ1) is 9.90. The number of halogens is 3. The minimum Gasteiger partial charge on any atom is -0.290 e. The zero-order valence-corrected chi connectivity index (χ0v) is 10.8. The van der Waals surface area contributed by atoms with Crippen molar-refractivity contribution >= 4 is 29.1 Å². The van der Waals surface area contributed by atoms with Gasteiger partial charge in [0.05, 0.1) is 4.92 Å². The van der Waals surface area contributed by atoms with Crippen molar-refractivity contribution in [3.8, 4) is 0 Å². The van der Waals surface area contributed by atoms with Crippen LogP contribution >= 0.6 is 11.6 Å². The van der Waals surface area contributed by atoms with Crippen molar-refractivity contribution in [3.05, 3.63) is 56.9 Å². The minimum atomic E-state index is -1.58. The molecule has 0 aliphatic rings. The Hall–Kier alpha value is -2.68. The summed E-state index contributed by atoms with van der Waals surface area (Å²) in [6, 6.07) is 2.57. The van der Waals surface area contributed by atoms with Crippen molar-refractivity contribution in [2.75, 3.05) is 5.32 Å². The number of anilines is 1. The second-order valence-corrected chi connectivity index (χ2v) is 4.06. The van der Waals surface area contributed by atoms with Gasteiger partial charge in [0.25, 0.3) is 5.91 Å². The van der Waals surface area contributed by atoms with Crippen molar-refractivity contribution in [1.29, 1.82) is 0 Å². The van der Waals surface area contributed by atoms with Crippen LogP contribution in [0.1, 0.15) is 10.4 Å². The molecule has 1 amide bonds.